The number of benzene rings is 2. The number of nitrogens with zero attached hydrogens (tertiary/aromatic N) is 1. The molecule has 200 valence electrons. The molecular formula is C29H33N3O6. The van der Waals surface area contributed by atoms with Crippen molar-refractivity contribution < 1.29 is 29.0 Å². The molecule has 1 fully saturated rings. The van der Waals surface area contributed by atoms with E-state index >= 15 is 0 Å². The van der Waals surface area contributed by atoms with Crippen molar-refractivity contribution in [2.24, 2.45) is 0 Å². The van der Waals surface area contributed by atoms with Crippen LogP contribution in [0.1, 0.15) is 43.2 Å². The number of nitrogens with one attached hydrogen (secondary N) is 2. The Kier molecular flexibility index (Phi) is 9.13. The lowest BCUT2D eigenvalue weighted by Crippen LogP contribution is -2.55. The first-order valence-electron chi connectivity index (χ1n) is 13.0. The number of likely N-dealkylation sites (tertiary alicyclic amines) is 1. The third-order valence-electron chi connectivity index (χ3n) is 6.77. The number of carbonyl (C=O) groups is 4. The van der Waals surface area contributed by atoms with Gasteiger partial charge in [0.05, 0.1) is 6.61 Å². The Morgan fingerprint density at radius 3 is 2.58 bits per heavy atom. The summed E-state index contributed by atoms with van der Waals surface area (Å²) in [6, 6.07) is 15.1. The number of aryl methyl sites for hydroxylation is 1. The number of rotatable bonds is 5. The summed E-state index contributed by atoms with van der Waals surface area (Å²) in [4.78, 5) is 53.0. The molecule has 0 radical (unpaired) electrons. The molecule has 2 bridgehead atoms. The van der Waals surface area contributed by atoms with Crippen molar-refractivity contribution in [3.63, 3.8) is 0 Å². The minimum atomic E-state index is -1.26. The van der Waals surface area contributed by atoms with Gasteiger partial charge in [-0.3, -0.25) is 14.4 Å². The first kappa shape index (κ1) is 26.9. The molecule has 2 aromatic carbocycles. The highest BCUT2D eigenvalue weighted by molar-refractivity contribution is 5.97. The second-order valence-corrected chi connectivity index (χ2v) is 9.55. The molecule has 2 aromatic rings. The fourth-order valence-corrected chi connectivity index (χ4v) is 4.75. The van der Waals surface area contributed by atoms with E-state index in [0.29, 0.717) is 51.0 Å². The molecule has 2 atom stereocenters. The van der Waals surface area contributed by atoms with Crippen LogP contribution in [0.25, 0.3) is 0 Å². The molecule has 0 unspecified atom stereocenters. The minimum Gasteiger partial charge on any atom is -0.494 e. The van der Waals surface area contributed by atoms with Gasteiger partial charge in [-0.25, -0.2) is 4.79 Å². The van der Waals surface area contributed by atoms with Gasteiger partial charge in [-0.05, 0) is 55.4 Å². The number of fused-ring (bicyclic) bond motifs is 2. The lowest BCUT2D eigenvalue weighted by atomic mass is 10.0. The molecule has 0 spiro atoms. The normalized spacial score (nSPS) is 22.6. The molecule has 2 heterocycles. The highest BCUT2D eigenvalue weighted by atomic mass is 16.5. The van der Waals surface area contributed by atoms with Gasteiger partial charge in [0, 0.05) is 19.4 Å². The van der Waals surface area contributed by atoms with Crippen LogP contribution in [-0.2, 0) is 32.0 Å². The molecule has 2 aliphatic rings. The number of carboxylic acids is 1. The molecule has 2 aliphatic heterocycles. The van der Waals surface area contributed by atoms with Gasteiger partial charge >= 0.3 is 5.97 Å². The lowest BCUT2D eigenvalue weighted by Gasteiger charge is -2.29. The number of carboxylic acid groups (broad SMARTS) is 1. The van der Waals surface area contributed by atoms with Crippen LogP contribution in [0.15, 0.2) is 66.4 Å². The van der Waals surface area contributed by atoms with E-state index < -0.39 is 29.9 Å². The second-order valence-electron chi connectivity index (χ2n) is 9.55. The first-order chi connectivity index (χ1) is 18.4. The second kappa shape index (κ2) is 12.9. The zero-order chi connectivity index (χ0) is 26.9. The van der Waals surface area contributed by atoms with Gasteiger partial charge in [0.2, 0.25) is 17.7 Å². The topological polar surface area (TPSA) is 125 Å². The van der Waals surface area contributed by atoms with Crippen molar-refractivity contribution in [1.82, 2.24) is 15.5 Å². The quantitative estimate of drug-likeness (QED) is 0.558. The summed E-state index contributed by atoms with van der Waals surface area (Å²) in [5, 5.41) is 15.0. The predicted octanol–water partition coefficient (Wildman–Crippen LogP) is 2.60. The first-order valence-corrected chi connectivity index (χ1v) is 13.0. The Labute approximate surface area is 221 Å². The molecule has 0 aliphatic carbocycles. The number of hydrogen-bond acceptors (Lipinski definition) is 5. The summed E-state index contributed by atoms with van der Waals surface area (Å²) in [6.45, 7) is 0.814. The van der Waals surface area contributed by atoms with E-state index in [2.05, 4.69) is 10.6 Å². The van der Waals surface area contributed by atoms with Gasteiger partial charge in [-0.1, -0.05) is 48.5 Å². The number of hydrogen-bond donors (Lipinski definition) is 3. The van der Waals surface area contributed by atoms with Crippen LogP contribution < -0.4 is 15.4 Å². The van der Waals surface area contributed by atoms with Crippen LogP contribution >= 0.6 is 0 Å². The van der Waals surface area contributed by atoms with E-state index in [0.717, 1.165) is 11.1 Å². The minimum absolute atomic E-state index is 0.103. The van der Waals surface area contributed by atoms with E-state index in [1.54, 1.807) is 4.90 Å². The Balaban J connectivity index is 1.65. The van der Waals surface area contributed by atoms with Gasteiger partial charge < -0.3 is 25.4 Å². The summed E-state index contributed by atoms with van der Waals surface area (Å²) in [5.41, 5.74) is 1.58. The van der Waals surface area contributed by atoms with Crippen molar-refractivity contribution in [2.45, 2.75) is 57.0 Å². The predicted molar refractivity (Wildman–Crippen MR) is 140 cm³/mol. The highest BCUT2D eigenvalue weighted by Gasteiger charge is 2.35. The zero-order valence-electron chi connectivity index (χ0n) is 21.2. The number of ether oxygens (including phenoxy) is 1. The van der Waals surface area contributed by atoms with Crippen LogP contribution in [0.3, 0.4) is 0 Å². The molecule has 38 heavy (non-hydrogen) atoms. The van der Waals surface area contributed by atoms with Crippen LogP contribution in [-0.4, -0.2) is 58.9 Å². The van der Waals surface area contributed by atoms with Crippen LogP contribution in [0, 0.1) is 0 Å². The van der Waals surface area contributed by atoms with E-state index in [1.807, 2.05) is 54.6 Å². The maximum absolute atomic E-state index is 13.7. The Morgan fingerprint density at radius 1 is 1.03 bits per heavy atom. The standard InChI is InChI=1S/C29H33N3O6/c33-26-13-7-16-32(26)25-19-21-10-6-11-22(18-21)38-17-5-4-12-24(29(36)37)31-27(34)23(30-28(25)35)15-14-20-8-2-1-3-9-20/h1-3,6,8-12,18,23,25H,4-5,7,13-17,19H2,(H,30,35)(H,31,34)(H,36,37)/b24-12-/t23-,25-/m0/s1. The summed E-state index contributed by atoms with van der Waals surface area (Å²) in [7, 11) is 0. The zero-order valence-corrected chi connectivity index (χ0v) is 21.2. The van der Waals surface area contributed by atoms with E-state index in [4.69, 9.17) is 4.74 Å². The largest absolute Gasteiger partial charge is 0.494 e. The Morgan fingerprint density at radius 2 is 1.84 bits per heavy atom. The summed E-state index contributed by atoms with van der Waals surface area (Å²) < 4.78 is 5.82. The molecule has 1 saturated heterocycles. The maximum atomic E-state index is 13.7. The average Bonchev–Trinajstić information content (AvgIpc) is 3.34. The number of allylic oxidation sites excluding steroid dienone is 1. The van der Waals surface area contributed by atoms with Crippen molar-refractivity contribution in [1.29, 1.82) is 0 Å². The molecule has 9 nitrogen and oxygen atoms in total. The summed E-state index contributed by atoms with van der Waals surface area (Å²) in [6.07, 6.45) is 4.46. The van der Waals surface area contributed by atoms with E-state index in [-0.39, 0.29) is 24.4 Å². The molecule has 0 aromatic heterocycles. The summed E-state index contributed by atoms with van der Waals surface area (Å²) >= 11 is 0. The third kappa shape index (κ3) is 7.21. The van der Waals surface area contributed by atoms with Crippen molar-refractivity contribution in [3.05, 3.63) is 77.5 Å². The van der Waals surface area contributed by atoms with Crippen LogP contribution in [0.4, 0.5) is 0 Å². The van der Waals surface area contributed by atoms with Gasteiger partial charge in [-0.2, -0.15) is 0 Å². The Bertz CT molecular complexity index is 1200. The smallest absolute Gasteiger partial charge is 0.352 e. The maximum Gasteiger partial charge on any atom is 0.352 e. The fraction of sp³-hybridized carbons (Fsp3) is 0.379. The Hall–Kier alpha value is -4.14. The average molecular weight is 520 g/mol. The third-order valence-corrected chi connectivity index (χ3v) is 6.77. The molecule has 3 N–H and O–H groups in total. The van der Waals surface area contributed by atoms with Crippen LogP contribution in [0.2, 0.25) is 0 Å². The summed E-state index contributed by atoms with van der Waals surface area (Å²) in [5.74, 6) is -1.79. The molecule has 3 amide bonds. The molecule has 9 heteroatoms. The van der Waals surface area contributed by atoms with Crippen LogP contribution in [0.5, 0.6) is 5.75 Å². The number of amides is 3. The SMILES string of the molecule is O=C(O)/C1=C/CCCOc2cccc(c2)C[C@H](N2CCCC2=O)C(=O)N[C@@H](CCc2ccccc2)C(=O)N1. The lowest BCUT2D eigenvalue weighted by molar-refractivity contribution is -0.139. The highest BCUT2D eigenvalue weighted by Crippen LogP contribution is 2.21. The monoisotopic (exact) mass is 519 g/mol. The van der Waals surface area contributed by atoms with Gasteiger partial charge in [0.15, 0.2) is 0 Å². The molecule has 4 rings (SSSR count). The van der Waals surface area contributed by atoms with Crippen molar-refractivity contribution >= 4 is 23.7 Å². The number of carbonyl (C=O) groups excluding carboxylic acids is 3. The van der Waals surface area contributed by atoms with Crippen molar-refractivity contribution in [2.75, 3.05) is 13.2 Å². The fourth-order valence-electron chi connectivity index (χ4n) is 4.75. The van der Waals surface area contributed by atoms with Gasteiger partial charge in [0.25, 0.3) is 0 Å². The molecule has 0 saturated carbocycles. The van der Waals surface area contributed by atoms with Crippen molar-refractivity contribution in [3.8, 4) is 5.75 Å². The van der Waals surface area contributed by atoms with Gasteiger partial charge in [0.1, 0.15) is 23.5 Å². The van der Waals surface area contributed by atoms with Gasteiger partial charge in [-0.15, -0.1) is 0 Å². The molecular weight excluding hydrogens is 486 g/mol. The van der Waals surface area contributed by atoms with E-state index in [9.17, 15) is 24.3 Å². The van der Waals surface area contributed by atoms with E-state index in [1.165, 1.54) is 6.08 Å². The number of aliphatic carboxylic acids is 1.